The number of rotatable bonds is 5. The molecular weight excluding hydrogens is 508 g/mol. The highest BCUT2D eigenvalue weighted by Gasteiger charge is 2.35. The maximum Gasteiger partial charge on any atom is 0.323 e. The van der Waals surface area contributed by atoms with Gasteiger partial charge in [0.1, 0.15) is 5.54 Å². The summed E-state index contributed by atoms with van der Waals surface area (Å²) in [6.07, 6.45) is 2.96. The second kappa shape index (κ2) is 22.5. The van der Waals surface area contributed by atoms with Gasteiger partial charge in [-0.15, -0.1) is 6.58 Å². The molecular formula is C35H58N4O2. The third-order valence-electron chi connectivity index (χ3n) is 6.36. The fourth-order valence-corrected chi connectivity index (χ4v) is 3.24. The van der Waals surface area contributed by atoms with Crippen LogP contribution in [0.25, 0.3) is 5.57 Å². The lowest BCUT2D eigenvalue weighted by Crippen LogP contribution is -2.57. The normalized spacial score (nSPS) is 13.3. The number of aliphatic imine (C=N–C) groups is 1. The van der Waals surface area contributed by atoms with E-state index in [0.29, 0.717) is 0 Å². The van der Waals surface area contributed by atoms with E-state index < -0.39 is 11.5 Å². The van der Waals surface area contributed by atoms with Crippen LogP contribution in [0.4, 0.5) is 5.69 Å². The van der Waals surface area contributed by atoms with Crippen LogP contribution in [0, 0.1) is 13.8 Å². The van der Waals surface area contributed by atoms with E-state index in [1.807, 2.05) is 50.8 Å². The topological polar surface area (TPSA) is 68.2 Å². The van der Waals surface area contributed by atoms with Gasteiger partial charge in [0.2, 0.25) is 0 Å². The van der Waals surface area contributed by atoms with E-state index in [2.05, 4.69) is 92.6 Å². The minimum atomic E-state index is -0.739. The molecule has 2 aromatic rings. The van der Waals surface area contributed by atoms with E-state index in [4.69, 9.17) is 5.11 Å². The first-order chi connectivity index (χ1) is 19.3. The molecule has 230 valence electrons. The van der Waals surface area contributed by atoms with Gasteiger partial charge in [-0.1, -0.05) is 86.5 Å². The molecule has 3 rings (SSSR count). The Morgan fingerprint density at radius 2 is 1.39 bits per heavy atom. The fourth-order valence-electron chi connectivity index (χ4n) is 3.24. The number of carboxylic acid groups (broad SMARTS) is 1. The Balaban J connectivity index is 0. The smallest absolute Gasteiger partial charge is 0.323 e. The number of amidine groups is 1. The average Bonchev–Trinajstić information content (AvgIpc) is 2.96. The predicted octanol–water partition coefficient (Wildman–Crippen LogP) is 8.19. The van der Waals surface area contributed by atoms with Gasteiger partial charge >= 0.3 is 5.97 Å². The number of hydrogen-bond donors (Lipinski definition) is 2. The molecule has 1 fully saturated rings. The number of carbonyl (C=O) groups is 1. The molecule has 41 heavy (non-hydrogen) atoms. The summed E-state index contributed by atoms with van der Waals surface area (Å²) in [5.74, 6) is 0.191. The monoisotopic (exact) mass is 566 g/mol. The van der Waals surface area contributed by atoms with Crippen LogP contribution in [0.3, 0.4) is 0 Å². The molecule has 2 N–H and O–H groups in total. The van der Waals surface area contributed by atoms with Crippen molar-refractivity contribution in [2.24, 2.45) is 4.99 Å². The van der Waals surface area contributed by atoms with Crippen molar-refractivity contribution < 1.29 is 9.90 Å². The Bertz CT molecular complexity index is 1020. The zero-order valence-corrected chi connectivity index (χ0v) is 27.8. The Kier molecular flexibility index (Phi) is 21.9. The standard InChI is InChI=1S/C10H14N2.C10H12.C9H18N2O2.C4H8.C2H6/c1-8-4-6-10(7-5-8)12-9(2)11-3;1-8(2)10-6-4-9(3)5-7-10;1-9(2,8(12)13)11-6-4-10(3)5-7-11;1-3-4-2;1-2/h4-7H,1-3H3,(H,11,12);4-7H,1H2,2-3H3;4-7H2,1-3H3,(H,12,13);3H,1,4H2,2H3;1-2H3. The van der Waals surface area contributed by atoms with Crippen LogP contribution in [0.15, 0.2) is 72.8 Å². The molecule has 0 saturated carbocycles. The molecule has 6 heteroatoms. The molecule has 1 heterocycles. The van der Waals surface area contributed by atoms with Crippen LogP contribution in [0.2, 0.25) is 0 Å². The third kappa shape index (κ3) is 18.0. The van der Waals surface area contributed by atoms with Crippen molar-refractivity contribution in [3.63, 3.8) is 0 Å². The summed E-state index contributed by atoms with van der Waals surface area (Å²) in [4.78, 5) is 19.2. The first kappa shape index (κ1) is 39.9. The number of hydrogen-bond acceptors (Lipinski definition) is 4. The molecule has 0 unspecified atom stereocenters. The molecule has 0 aliphatic carbocycles. The zero-order chi connectivity index (χ0) is 32.0. The quantitative estimate of drug-likeness (QED) is 0.217. The van der Waals surface area contributed by atoms with Gasteiger partial charge in [0.15, 0.2) is 0 Å². The van der Waals surface area contributed by atoms with E-state index in [1.165, 1.54) is 16.7 Å². The maximum atomic E-state index is 10.9. The Morgan fingerprint density at radius 3 is 1.73 bits per heavy atom. The van der Waals surface area contributed by atoms with Crippen LogP contribution < -0.4 is 5.32 Å². The van der Waals surface area contributed by atoms with Crippen molar-refractivity contribution >= 4 is 23.1 Å². The summed E-state index contributed by atoms with van der Waals surface area (Å²) in [6, 6.07) is 16.6. The van der Waals surface area contributed by atoms with Crippen LogP contribution in [0.1, 0.15) is 71.6 Å². The maximum absolute atomic E-state index is 10.9. The van der Waals surface area contributed by atoms with Gasteiger partial charge in [-0.05, 0) is 72.7 Å². The van der Waals surface area contributed by atoms with Crippen molar-refractivity contribution in [1.82, 2.24) is 9.80 Å². The van der Waals surface area contributed by atoms with Crippen molar-refractivity contribution in [3.05, 3.63) is 84.5 Å². The number of likely N-dealkylation sites (N-methyl/N-ethyl adjacent to an activating group) is 1. The van der Waals surface area contributed by atoms with Crippen molar-refractivity contribution in [2.45, 2.75) is 74.3 Å². The number of nitrogens with one attached hydrogen (secondary N) is 1. The molecule has 0 radical (unpaired) electrons. The van der Waals surface area contributed by atoms with E-state index in [0.717, 1.165) is 49.7 Å². The Labute approximate surface area is 251 Å². The van der Waals surface area contributed by atoms with Gasteiger partial charge in [0.25, 0.3) is 0 Å². The van der Waals surface area contributed by atoms with Gasteiger partial charge in [0, 0.05) is 38.9 Å². The predicted molar refractivity (Wildman–Crippen MR) is 182 cm³/mol. The number of carboxylic acids is 1. The summed E-state index contributed by atoms with van der Waals surface area (Å²) in [5, 5.41) is 12.2. The SMILES string of the molecule is C=C(C)c1ccc(C)cc1.C=CCC.CC.CN1CCN(C(C)(C)C(=O)O)CC1.CN=C(C)Nc1ccc(C)cc1. The van der Waals surface area contributed by atoms with Crippen LogP contribution in [-0.2, 0) is 4.79 Å². The molecule has 0 atom stereocenters. The first-order valence-corrected chi connectivity index (χ1v) is 14.6. The number of aryl methyl sites for hydroxylation is 2. The van der Waals surface area contributed by atoms with Gasteiger partial charge < -0.3 is 15.3 Å². The minimum absolute atomic E-state index is 0.721. The molecule has 1 saturated heterocycles. The second-order valence-electron chi connectivity index (χ2n) is 10.3. The molecule has 1 aliphatic rings. The zero-order valence-electron chi connectivity index (χ0n) is 27.8. The number of allylic oxidation sites excluding steroid dienone is 2. The summed E-state index contributed by atoms with van der Waals surface area (Å²) in [5.41, 5.74) is 5.28. The van der Waals surface area contributed by atoms with Crippen LogP contribution in [-0.4, -0.2) is 72.5 Å². The lowest BCUT2D eigenvalue weighted by atomic mass is 10.0. The van der Waals surface area contributed by atoms with E-state index in [9.17, 15) is 4.79 Å². The summed E-state index contributed by atoms with van der Waals surface area (Å²) in [7, 11) is 3.83. The number of nitrogens with zero attached hydrogens (tertiary/aromatic N) is 3. The minimum Gasteiger partial charge on any atom is -0.480 e. The van der Waals surface area contributed by atoms with E-state index in [1.54, 1.807) is 20.9 Å². The van der Waals surface area contributed by atoms with E-state index >= 15 is 0 Å². The molecule has 1 aliphatic heterocycles. The summed E-state index contributed by atoms with van der Waals surface area (Å²) < 4.78 is 0. The molecule has 2 aromatic carbocycles. The van der Waals surface area contributed by atoms with Crippen molar-refractivity contribution in [2.75, 3.05) is 45.6 Å². The van der Waals surface area contributed by atoms with Crippen molar-refractivity contribution in [1.29, 1.82) is 0 Å². The summed E-state index contributed by atoms with van der Waals surface area (Å²) >= 11 is 0. The lowest BCUT2D eigenvalue weighted by Gasteiger charge is -2.40. The summed E-state index contributed by atoms with van der Waals surface area (Å²) in [6.45, 7) is 28.6. The lowest BCUT2D eigenvalue weighted by molar-refractivity contribution is -0.150. The van der Waals surface area contributed by atoms with Crippen LogP contribution >= 0.6 is 0 Å². The number of aliphatic carboxylic acids is 1. The van der Waals surface area contributed by atoms with Crippen LogP contribution in [0.5, 0.6) is 0 Å². The highest BCUT2D eigenvalue weighted by atomic mass is 16.4. The van der Waals surface area contributed by atoms with Gasteiger partial charge in [-0.2, -0.15) is 0 Å². The molecule has 0 bridgehead atoms. The first-order valence-electron chi connectivity index (χ1n) is 14.6. The Hall–Kier alpha value is -3.22. The average molecular weight is 567 g/mol. The van der Waals surface area contributed by atoms with E-state index in [-0.39, 0.29) is 0 Å². The van der Waals surface area contributed by atoms with Gasteiger partial charge in [-0.25, -0.2) is 0 Å². The Morgan fingerprint density at radius 1 is 0.976 bits per heavy atom. The highest BCUT2D eigenvalue weighted by Crippen LogP contribution is 2.16. The highest BCUT2D eigenvalue weighted by molar-refractivity contribution is 5.93. The molecule has 0 aromatic heterocycles. The van der Waals surface area contributed by atoms with Gasteiger partial charge in [0.05, 0.1) is 5.84 Å². The second-order valence-corrected chi connectivity index (χ2v) is 10.3. The molecule has 0 spiro atoms. The third-order valence-corrected chi connectivity index (χ3v) is 6.36. The van der Waals surface area contributed by atoms with Crippen molar-refractivity contribution in [3.8, 4) is 0 Å². The number of piperazine rings is 1. The molecule has 6 nitrogen and oxygen atoms in total. The largest absolute Gasteiger partial charge is 0.480 e. The molecule has 0 amide bonds. The fraction of sp³-hybridized carbons (Fsp3) is 0.486. The number of anilines is 1. The van der Waals surface area contributed by atoms with Gasteiger partial charge in [-0.3, -0.25) is 14.7 Å². The number of benzene rings is 2.